The van der Waals surface area contributed by atoms with E-state index in [1.807, 2.05) is 52.0 Å². The Kier molecular flexibility index (Phi) is 9.70. The van der Waals surface area contributed by atoms with Crippen LogP contribution in [0, 0.1) is 0 Å². The van der Waals surface area contributed by atoms with Crippen molar-refractivity contribution in [3.63, 3.8) is 0 Å². The second-order valence-corrected chi connectivity index (χ2v) is 10.1. The van der Waals surface area contributed by atoms with Crippen molar-refractivity contribution in [2.45, 2.75) is 39.9 Å². The lowest BCUT2D eigenvalue weighted by atomic mass is 10.0. The molecule has 4 rings (SSSR count). The maximum absolute atomic E-state index is 12.9. The second-order valence-electron chi connectivity index (χ2n) is 10.1. The third kappa shape index (κ3) is 7.60. The molecule has 0 atom stereocenters. The normalized spacial score (nSPS) is 10.8. The first-order valence-electron chi connectivity index (χ1n) is 13.7. The fraction of sp³-hybridized carbons (Fsp3) is 0.235. The number of nitrogens with one attached hydrogen (secondary N) is 2. The molecule has 8 nitrogen and oxygen atoms in total. The Balaban J connectivity index is 1.48. The minimum absolute atomic E-state index is 0.0516. The van der Waals surface area contributed by atoms with Gasteiger partial charge in [0.2, 0.25) is 0 Å². The van der Waals surface area contributed by atoms with E-state index in [4.69, 9.17) is 18.9 Å². The summed E-state index contributed by atoms with van der Waals surface area (Å²) in [5.41, 5.74) is 3.76. The molecular formula is C34H36N2O6. The smallest absolute Gasteiger partial charge is 0.255 e. The zero-order chi connectivity index (χ0) is 30.2. The van der Waals surface area contributed by atoms with Crippen LogP contribution in [0.15, 0.2) is 84.9 Å². The van der Waals surface area contributed by atoms with Gasteiger partial charge in [-0.3, -0.25) is 9.59 Å². The Morgan fingerprint density at radius 3 is 1.21 bits per heavy atom. The van der Waals surface area contributed by atoms with Crippen LogP contribution in [0.2, 0.25) is 0 Å². The molecule has 0 aliphatic rings. The van der Waals surface area contributed by atoms with Crippen molar-refractivity contribution in [2.24, 2.45) is 0 Å². The molecule has 0 aliphatic carbocycles. The summed E-state index contributed by atoms with van der Waals surface area (Å²) in [6, 6.07) is 25.0. The van der Waals surface area contributed by atoms with Crippen molar-refractivity contribution in [3.8, 4) is 34.1 Å². The Hall–Kier alpha value is -4.98. The number of carbonyl (C=O) groups is 2. The first kappa shape index (κ1) is 30.0. The molecule has 0 unspecified atom stereocenters. The van der Waals surface area contributed by atoms with Gasteiger partial charge in [-0.15, -0.1) is 0 Å². The fourth-order valence-corrected chi connectivity index (χ4v) is 4.25. The lowest BCUT2D eigenvalue weighted by Crippen LogP contribution is -2.13. The van der Waals surface area contributed by atoms with E-state index >= 15 is 0 Å². The maximum atomic E-state index is 12.9. The molecule has 0 bridgehead atoms. The molecule has 0 aliphatic heterocycles. The minimum Gasteiger partial charge on any atom is -0.495 e. The van der Waals surface area contributed by atoms with Crippen LogP contribution in [-0.4, -0.2) is 38.2 Å². The molecule has 218 valence electrons. The first-order valence-corrected chi connectivity index (χ1v) is 13.7. The number of hydrogen-bond donors (Lipinski definition) is 2. The lowest BCUT2D eigenvalue weighted by Gasteiger charge is -2.15. The number of benzene rings is 4. The highest BCUT2D eigenvalue weighted by Crippen LogP contribution is 2.35. The number of anilines is 2. The Morgan fingerprint density at radius 2 is 0.905 bits per heavy atom. The van der Waals surface area contributed by atoms with Crippen LogP contribution in [0.25, 0.3) is 11.1 Å². The highest BCUT2D eigenvalue weighted by atomic mass is 16.5. The third-order valence-corrected chi connectivity index (χ3v) is 6.21. The van der Waals surface area contributed by atoms with Crippen molar-refractivity contribution >= 4 is 23.2 Å². The van der Waals surface area contributed by atoms with E-state index in [1.54, 1.807) is 74.9 Å². The quantitative estimate of drug-likeness (QED) is 0.195. The minimum atomic E-state index is -0.263. The highest BCUT2D eigenvalue weighted by molar-refractivity contribution is 6.06. The number of methoxy groups -OCH3 is 2. The Labute approximate surface area is 246 Å². The van der Waals surface area contributed by atoms with E-state index in [0.29, 0.717) is 45.5 Å². The molecule has 0 saturated carbocycles. The zero-order valence-corrected chi connectivity index (χ0v) is 24.7. The summed E-state index contributed by atoms with van der Waals surface area (Å²) in [7, 11) is 3.10. The van der Waals surface area contributed by atoms with Gasteiger partial charge in [0.05, 0.1) is 37.8 Å². The fourth-order valence-electron chi connectivity index (χ4n) is 4.25. The predicted molar refractivity (Wildman–Crippen MR) is 165 cm³/mol. The molecule has 2 amide bonds. The molecule has 2 N–H and O–H groups in total. The van der Waals surface area contributed by atoms with Crippen molar-refractivity contribution < 1.29 is 28.5 Å². The number of rotatable bonds is 11. The topological polar surface area (TPSA) is 95.1 Å². The molecule has 0 radical (unpaired) electrons. The van der Waals surface area contributed by atoms with Gasteiger partial charge >= 0.3 is 0 Å². The molecule has 0 spiro atoms. The van der Waals surface area contributed by atoms with Gasteiger partial charge in [0.15, 0.2) is 0 Å². The summed E-state index contributed by atoms with van der Waals surface area (Å²) in [5, 5.41) is 5.83. The number of ether oxygens (including phenoxy) is 4. The van der Waals surface area contributed by atoms with Gasteiger partial charge in [0.1, 0.15) is 23.0 Å². The third-order valence-electron chi connectivity index (χ3n) is 6.21. The van der Waals surface area contributed by atoms with Crippen LogP contribution in [-0.2, 0) is 0 Å². The summed E-state index contributed by atoms with van der Waals surface area (Å²) < 4.78 is 22.5. The molecule has 0 saturated heterocycles. The van der Waals surface area contributed by atoms with Gasteiger partial charge in [-0.1, -0.05) is 12.1 Å². The van der Waals surface area contributed by atoms with E-state index in [1.165, 1.54) is 0 Å². The van der Waals surface area contributed by atoms with Gasteiger partial charge in [-0.05, 0) is 112 Å². The van der Waals surface area contributed by atoms with Crippen molar-refractivity contribution in [2.75, 3.05) is 24.9 Å². The second kappa shape index (κ2) is 13.6. The predicted octanol–water partition coefficient (Wildman–Crippen LogP) is 7.45. The van der Waals surface area contributed by atoms with E-state index in [9.17, 15) is 9.59 Å². The van der Waals surface area contributed by atoms with Crippen molar-refractivity contribution in [1.29, 1.82) is 0 Å². The van der Waals surface area contributed by atoms with Crippen LogP contribution in [0.1, 0.15) is 48.4 Å². The Bertz CT molecular complexity index is 1410. The van der Waals surface area contributed by atoms with Crippen LogP contribution < -0.4 is 29.6 Å². The van der Waals surface area contributed by atoms with E-state index in [2.05, 4.69) is 10.6 Å². The highest BCUT2D eigenvalue weighted by Gasteiger charge is 2.15. The van der Waals surface area contributed by atoms with E-state index < -0.39 is 0 Å². The number of hydrogen-bond acceptors (Lipinski definition) is 6. The first-order chi connectivity index (χ1) is 20.2. The van der Waals surface area contributed by atoms with Crippen LogP contribution in [0.4, 0.5) is 11.4 Å². The zero-order valence-electron chi connectivity index (χ0n) is 24.7. The Morgan fingerprint density at radius 1 is 0.548 bits per heavy atom. The van der Waals surface area contributed by atoms with Gasteiger partial charge < -0.3 is 29.6 Å². The van der Waals surface area contributed by atoms with Crippen LogP contribution in [0.5, 0.6) is 23.0 Å². The molecule has 0 aromatic heterocycles. The van der Waals surface area contributed by atoms with Crippen LogP contribution in [0.3, 0.4) is 0 Å². The largest absolute Gasteiger partial charge is 0.495 e. The number of amides is 2. The molecule has 42 heavy (non-hydrogen) atoms. The monoisotopic (exact) mass is 568 g/mol. The standard InChI is InChI=1S/C34H36N2O6/c1-21(2)41-27-13-7-23(8-14-27)33(37)35-29-17-11-25(19-31(29)39-5)26-12-18-30(32(20-26)40-6)36-34(38)24-9-15-28(16-10-24)42-22(3)4/h7-22H,1-6H3,(H,35,37)(H,36,38). The molecule has 0 fully saturated rings. The summed E-state index contributed by atoms with van der Waals surface area (Å²) in [5.74, 6) is 1.89. The molecule has 0 heterocycles. The average Bonchev–Trinajstić information content (AvgIpc) is 2.97. The van der Waals surface area contributed by atoms with Crippen LogP contribution >= 0.6 is 0 Å². The summed E-state index contributed by atoms with van der Waals surface area (Å²) in [6.07, 6.45) is 0.103. The SMILES string of the molecule is COc1cc(-c2ccc(NC(=O)c3ccc(OC(C)C)cc3)c(OC)c2)ccc1NC(=O)c1ccc(OC(C)C)cc1. The maximum Gasteiger partial charge on any atom is 0.255 e. The van der Waals surface area contributed by atoms with Gasteiger partial charge in [-0.25, -0.2) is 0 Å². The average molecular weight is 569 g/mol. The molecule has 8 heteroatoms. The van der Waals surface area contributed by atoms with Gasteiger partial charge in [0.25, 0.3) is 11.8 Å². The van der Waals surface area contributed by atoms with Crippen molar-refractivity contribution in [3.05, 3.63) is 96.1 Å². The summed E-state index contributed by atoms with van der Waals surface area (Å²) in [6.45, 7) is 7.79. The number of carbonyl (C=O) groups excluding carboxylic acids is 2. The van der Waals surface area contributed by atoms with E-state index in [-0.39, 0.29) is 24.0 Å². The van der Waals surface area contributed by atoms with Crippen molar-refractivity contribution in [1.82, 2.24) is 0 Å². The van der Waals surface area contributed by atoms with E-state index in [0.717, 1.165) is 11.1 Å². The lowest BCUT2D eigenvalue weighted by molar-refractivity contribution is 0.101. The molecular weight excluding hydrogens is 532 g/mol. The summed E-state index contributed by atoms with van der Waals surface area (Å²) >= 11 is 0. The van der Waals surface area contributed by atoms with Gasteiger partial charge in [0, 0.05) is 11.1 Å². The van der Waals surface area contributed by atoms with Gasteiger partial charge in [-0.2, -0.15) is 0 Å². The summed E-state index contributed by atoms with van der Waals surface area (Å²) in [4.78, 5) is 25.8. The molecule has 4 aromatic rings. The molecule has 4 aromatic carbocycles.